The summed E-state index contributed by atoms with van der Waals surface area (Å²) in [5.74, 6) is 0.495. The molecule has 1 aliphatic rings. The molecule has 1 N–H and O–H groups in total. The monoisotopic (exact) mass is 308 g/mol. The summed E-state index contributed by atoms with van der Waals surface area (Å²) in [7, 11) is 1.53. The second-order valence-electron chi connectivity index (χ2n) is 5.73. The largest absolute Gasteiger partial charge is 0.496 e. The number of fused-ring (bicyclic) bond motifs is 2. The lowest BCUT2D eigenvalue weighted by molar-refractivity contribution is 0.142. The van der Waals surface area contributed by atoms with Gasteiger partial charge in [0, 0.05) is 6.42 Å². The topological polar surface area (TPSA) is 64.3 Å². The number of hydrogen-bond acceptors (Lipinski definition) is 4. The first-order valence-corrected chi connectivity index (χ1v) is 7.50. The van der Waals surface area contributed by atoms with Crippen molar-refractivity contribution in [2.75, 3.05) is 7.11 Å². The highest BCUT2D eigenvalue weighted by Gasteiger charge is 2.33. The number of nitrogens with zero attached hydrogens (tertiary/aromatic N) is 2. The van der Waals surface area contributed by atoms with Crippen LogP contribution in [0.15, 0.2) is 53.6 Å². The molecule has 2 atom stereocenters. The predicted octanol–water partition coefficient (Wildman–Crippen LogP) is 1.91. The molecule has 0 radical (unpaired) electrons. The van der Waals surface area contributed by atoms with Gasteiger partial charge >= 0.3 is 0 Å². The van der Waals surface area contributed by atoms with Crippen molar-refractivity contribution < 1.29 is 9.84 Å². The zero-order chi connectivity index (χ0) is 16.0. The van der Waals surface area contributed by atoms with E-state index in [-0.39, 0.29) is 5.56 Å². The Kier molecular flexibility index (Phi) is 3.16. The second kappa shape index (κ2) is 5.21. The molecular weight excluding hydrogens is 292 g/mol. The zero-order valence-corrected chi connectivity index (χ0v) is 12.6. The molecule has 0 spiro atoms. The first-order chi connectivity index (χ1) is 11.2. The summed E-state index contributed by atoms with van der Waals surface area (Å²) < 4.78 is 6.82. The fourth-order valence-corrected chi connectivity index (χ4v) is 3.40. The lowest BCUT2D eigenvalue weighted by Crippen LogP contribution is -2.31. The molecule has 0 amide bonds. The van der Waals surface area contributed by atoms with Crippen LogP contribution in [-0.2, 0) is 6.42 Å². The van der Waals surface area contributed by atoms with E-state index in [2.05, 4.69) is 4.98 Å². The van der Waals surface area contributed by atoms with Crippen molar-refractivity contribution in [3.8, 4) is 5.75 Å². The van der Waals surface area contributed by atoms with Gasteiger partial charge in [0.15, 0.2) is 0 Å². The summed E-state index contributed by atoms with van der Waals surface area (Å²) in [6, 6.07) is 12.7. The minimum atomic E-state index is -0.640. The Morgan fingerprint density at radius 1 is 1.22 bits per heavy atom. The molecule has 2 aromatic carbocycles. The molecule has 23 heavy (non-hydrogen) atoms. The van der Waals surface area contributed by atoms with Gasteiger partial charge in [-0.3, -0.25) is 9.36 Å². The Labute approximate surface area is 132 Å². The third kappa shape index (κ3) is 2.04. The normalized spacial score (nSPS) is 19.7. The van der Waals surface area contributed by atoms with E-state index in [9.17, 15) is 9.90 Å². The molecule has 0 saturated carbocycles. The van der Waals surface area contributed by atoms with Crippen LogP contribution in [0.4, 0.5) is 0 Å². The molecule has 0 saturated heterocycles. The van der Waals surface area contributed by atoms with Gasteiger partial charge < -0.3 is 9.84 Å². The Bertz CT molecular complexity index is 948. The van der Waals surface area contributed by atoms with Crippen LogP contribution in [0.3, 0.4) is 0 Å². The maximum atomic E-state index is 13.0. The van der Waals surface area contributed by atoms with Crippen molar-refractivity contribution in [3.63, 3.8) is 0 Å². The first-order valence-electron chi connectivity index (χ1n) is 7.50. The van der Waals surface area contributed by atoms with E-state index in [1.165, 1.54) is 18.0 Å². The molecular formula is C18H16N2O3. The van der Waals surface area contributed by atoms with Crippen LogP contribution in [0.2, 0.25) is 0 Å². The average molecular weight is 308 g/mol. The number of benzene rings is 2. The van der Waals surface area contributed by atoms with Gasteiger partial charge in [0.25, 0.3) is 5.56 Å². The fraction of sp³-hybridized carbons (Fsp3) is 0.222. The molecule has 0 bridgehead atoms. The number of aromatic nitrogens is 2. The number of aliphatic hydroxyl groups excluding tert-OH is 1. The number of aliphatic hydroxyl groups is 1. The molecule has 5 heteroatoms. The van der Waals surface area contributed by atoms with Crippen LogP contribution >= 0.6 is 0 Å². The average Bonchev–Trinajstić information content (AvgIpc) is 2.90. The van der Waals surface area contributed by atoms with E-state index < -0.39 is 12.1 Å². The standard InChI is InChI=1S/C18H16N2O3/c1-23-15-8-4-7-13-16(15)18(22)20(10-19-13)17-12-6-3-2-5-11(12)9-14(17)21/h2-8,10,14,17,21H,9H2,1H3/t14-,17+/m0/s1. The van der Waals surface area contributed by atoms with Gasteiger partial charge in [-0.05, 0) is 23.3 Å². The minimum Gasteiger partial charge on any atom is -0.496 e. The van der Waals surface area contributed by atoms with E-state index in [0.717, 1.165) is 11.1 Å². The molecule has 4 rings (SSSR count). The highest BCUT2D eigenvalue weighted by atomic mass is 16.5. The summed E-state index contributed by atoms with van der Waals surface area (Å²) in [6.07, 6.45) is 1.41. The smallest absolute Gasteiger partial charge is 0.265 e. The maximum Gasteiger partial charge on any atom is 0.265 e. The molecule has 1 heterocycles. The lowest BCUT2D eigenvalue weighted by atomic mass is 10.1. The molecule has 1 aromatic heterocycles. The number of methoxy groups -OCH3 is 1. The Morgan fingerprint density at radius 2 is 2.04 bits per heavy atom. The van der Waals surface area contributed by atoms with E-state index in [0.29, 0.717) is 23.1 Å². The number of hydrogen-bond donors (Lipinski definition) is 1. The van der Waals surface area contributed by atoms with Gasteiger partial charge in [-0.1, -0.05) is 30.3 Å². The molecule has 5 nitrogen and oxygen atoms in total. The van der Waals surface area contributed by atoms with Crippen molar-refractivity contribution in [1.82, 2.24) is 9.55 Å². The van der Waals surface area contributed by atoms with E-state index in [1.54, 1.807) is 18.2 Å². The van der Waals surface area contributed by atoms with Gasteiger partial charge in [-0.25, -0.2) is 4.98 Å². The maximum absolute atomic E-state index is 13.0. The van der Waals surface area contributed by atoms with Gasteiger partial charge in [0.05, 0.1) is 31.1 Å². The van der Waals surface area contributed by atoms with Gasteiger partial charge in [0.1, 0.15) is 11.1 Å². The van der Waals surface area contributed by atoms with Gasteiger partial charge in [-0.15, -0.1) is 0 Å². The number of ether oxygens (including phenoxy) is 1. The summed E-state index contributed by atoms with van der Waals surface area (Å²) >= 11 is 0. The van der Waals surface area contributed by atoms with Crippen molar-refractivity contribution in [1.29, 1.82) is 0 Å². The lowest BCUT2D eigenvalue weighted by Gasteiger charge is -2.19. The molecule has 116 valence electrons. The van der Waals surface area contributed by atoms with Crippen molar-refractivity contribution in [2.24, 2.45) is 0 Å². The van der Waals surface area contributed by atoms with Crippen LogP contribution in [-0.4, -0.2) is 27.9 Å². The van der Waals surface area contributed by atoms with Crippen LogP contribution in [0.1, 0.15) is 17.2 Å². The van der Waals surface area contributed by atoms with E-state index >= 15 is 0 Å². The summed E-state index contributed by atoms with van der Waals surface area (Å²) in [4.78, 5) is 17.4. The Balaban J connectivity index is 1.97. The van der Waals surface area contributed by atoms with Crippen LogP contribution in [0.5, 0.6) is 5.75 Å². The van der Waals surface area contributed by atoms with Gasteiger partial charge in [0.2, 0.25) is 0 Å². The Hall–Kier alpha value is -2.66. The molecule has 0 aliphatic heterocycles. The SMILES string of the molecule is COc1cccc2ncn([C@@H]3c4ccccc4C[C@@H]3O)c(=O)c12. The van der Waals surface area contributed by atoms with E-state index in [1.807, 2.05) is 24.3 Å². The highest BCUT2D eigenvalue weighted by molar-refractivity contribution is 5.84. The second-order valence-corrected chi connectivity index (χ2v) is 5.73. The third-order valence-electron chi connectivity index (χ3n) is 4.46. The van der Waals surface area contributed by atoms with Crippen LogP contribution in [0.25, 0.3) is 10.9 Å². The van der Waals surface area contributed by atoms with Gasteiger partial charge in [-0.2, -0.15) is 0 Å². The number of rotatable bonds is 2. The van der Waals surface area contributed by atoms with Crippen molar-refractivity contribution in [2.45, 2.75) is 18.6 Å². The van der Waals surface area contributed by atoms with Crippen molar-refractivity contribution >= 4 is 10.9 Å². The summed E-state index contributed by atoms with van der Waals surface area (Å²) in [6.45, 7) is 0. The predicted molar refractivity (Wildman–Crippen MR) is 86.8 cm³/mol. The minimum absolute atomic E-state index is 0.201. The fourth-order valence-electron chi connectivity index (χ4n) is 3.40. The summed E-state index contributed by atoms with van der Waals surface area (Å²) in [5, 5.41) is 10.9. The summed E-state index contributed by atoms with van der Waals surface area (Å²) in [5.41, 5.74) is 2.43. The zero-order valence-electron chi connectivity index (χ0n) is 12.6. The van der Waals surface area contributed by atoms with Crippen LogP contribution in [0, 0.1) is 0 Å². The third-order valence-corrected chi connectivity index (χ3v) is 4.46. The first kappa shape index (κ1) is 14.0. The van der Waals surface area contributed by atoms with E-state index in [4.69, 9.17) is 4.74 Å². The molecule has 0 unspecified atom stereocenters. The van der Waals surface area contributed by atoms with Crippen LogP contribution < -0.4 is 10.3 Å². The molecule has 3 aromatic rings. The quantitative estimate of drug-likeness (QED) is 0.785. The highest BCUT2D eigenvalue weighted by Crippen LogP contribution is 2.34. The van der Waals surface area contributed by atoms with Crippen molar-refractivity contribution in [3.05, 3.63) is 70.3 Å². The molecule has 0 fully saturated rings. The molecule has 1 aliphatic carbocycles. The Morgan fingerprint density at radius 3 is 2.87 bits per heavy atom.